The fourth-order valence-corrected chi connectivity index (χ4v) is 1.63. The van der Waals surface area contributed by atoms with Crippen LogP contribution < -0.4 is 0 Å². The summed E-state index contributed by atoms with van der Waals surface area (Å²) in [6.07, 6.45) is 2.99. The van der Waals surface area contributed by atoms with Gasteiger partial charge in [0.2, 0.25) is 0 Å². The lowest BCUT2D eigenvalue weighted by atomic mass is 10.2. The summed E-state index contributed by atoms with van der Waals surface area (Å²) >= 11 is 4.20. The Kier molecular flexibility index (Phi) is 2.57. The minimum Gasteiger partial charge on any atom is -0.390 e. The molecule has 0 aliphatic carbocycles. The van der Waals surface area contributed by atoms with Crippen molar-refractivity contribution in [3.63, 3.8) is 0 Å². The van der Waals surface area contributed by atoms with Crippen molar-refractivity contribution >= 4 is 12.6 Å². The van der Waals surface area contributed by atoms with Crippen LogP contribution in [0, 0.1) is 0 Å². The van der Waals surface area contributed by atoms with E-state index in [1.807, 2.05) is 4.57 Å². The van der Waals surface area contributed by atoms with Crippen LogP contribution in [0.5, 0.6) is 0 Å². The van der Waals surface area contributed by atoms with Crippen molar-refractivity contribution in [2.45, 2.75) is 30.8 Å². The molecule has 0 aromatic carbocycles. The summed E-state index contributed by atoms with van der Waals surface area (Å²) in [5, 5.41) is 9.64. The molecule has 1 aromatic heterocycles. The molecule has 5 heteroatoms. The molecule has 0 amide bonds. The van der Waals surface area contributed by atoms with Crippen LogP contribution in [0.15, 0.2) is 11.4 Å². The summed E-state index contributed by atoms with van der Waals surface area (Å²) in [7, 11) is 0. The number of imidazole rings is 1. The lowest BCUT2D eigenvalue weighted by molar-refractivity contribution is -0.0609. The Balaban J connectivity index is 2.11. The standard InChI is InChI=1S/C8H12N2O2S/c11-5-6-3-9-8(13)10(6)4-7-1-2-12-7/h3,7,11H,1-2,4-5H2,(H,9,13)/t7-/m0/s1. The van der Waals surface area contributed by atoms with Gasteiger partial charge in [-0.05, 0) is 6.42 Å². The molecule has 1 saturated heterocycles. The van der Waals surface area contributed by atoms with Gasteiger partial charge in [-0.15, -0.1) is 12.6 Å². The van der Waals surface area contributed by atoms with Gasteiger partial charge < -0.3 is 14.4 Å². The van der Waals surface area contributed by atoms with Gasteiger partial charge in [-0.25, -0.2) is 4.98 Å². The van der Waals surface area contributed by atoms with E-state index in [4.69, 9.17) is 9.84 Å². The maximum Gasteiger partial charge on any atom is 0.165 e. The van der Waals surface area contributed by atoms with Gasteiger partial charge in [0.15, 0.2) is 5.16 Å². The van der Waals surface area contributed by atoms with Gasteiger partial charge in [-0.1, -0.05) is 0 Å². The molecule has 72 valence electrons. The molecule has 2 rings (SSSR count). The molecule has 0 unspecified atom stereocenters. The van der Waals surface area contributed by atoms with Crippen molar-refractivity contribution in [1.82, 2.24) is 9.55 Å². The Hall–Kier alpha value is -0.520. The normalized spacial score (nSPS) is 21.5. The Bertz CT molecular complexity index is 296. The summed E-state index contributed by atoms with van der Waals surface area (Å²) in [5.41, 5.74) is 0.792. The van der Waals surface area contributed by atoms with Crippen molar-refractivity contribution in [2.75, 3.05) is 6.61 Å². The minimum absolute atomic E-state index is 0.000278. The van der Waals surface area contributed by atoms with Gasteiger partial charge in [0.1, 0.15) is 0 Å². The van der Waals surface area contributed by atoms with E-state index in [1.54, 1.807) is 6.20 Å². The molecular formula is C8H12N2O2S. The van der Waals surface area contributed by atoms with E-state index in [9.17, 15) is 0 Å². The third-order valence-electron chi connectivity index (χ3n) is 2.26. The monoisotopic (exact) mass is 200 g/mol. The van der Waals surface area contributed by atoms with Gasteiger partial charge in [0.25, 0.3) is 0 Å². The topological polar surface area (TPSA) is 47.3 Å². The van der Waals surface area contributed by atoms with Crippen LogP contribution in [-0.2, 0) is 17.9 Å². The van der Waals surface area contributed by atoms with Crippen LogP contribution in [0.2, 0.25) is 0 Å². The molecule has 1 aliphatic rings. The van der Waals surface area contributed by atoms with E-state index in [-0.39, 0.29) is 12.7 Å². The second kappa shape index (κ2) is 3.69. The molecule has 0 bridgehead atoms. The maximum absolute atomic E-state index is 9.00. The Morgan fingerprint density at radius 3 is 3.08 bits per heavy atom. The molecule has 1 N–H and O–H groups in total. The number of aliphatic hydroxyl groups excluding tert-OH is 1. The molecule has 2 heterocycles. The predicted octanol–water partition coefficient (Wildman–Crippen LogP) is 0.453. The van der Waals surface area contributed by atoms with Crippen LogP contribution in [-0.4, -0.2) is 27.4 Å². The van der Waals surface area contributed by atoms with Crippen LogP contribution in [0.4, 0.5) is 0 Å². The number of hydrogen-bond acceptors (Lipinski definition) is 4. The molecule has 0 spiro atoms. The minimum atomic E-state index is 0.000278. The first-order valence-electron chi connectivity index (χ1n) is 4.27. The molecule has 1 fully saturated rings. The summed E-state index contributed by atoms with van der Waals surface area (Å²) in [4.78, 5) is 4.01. The number of rotatable bonds is 3. The summed E-state index contributed by atoms with van der Waals surface area (Å²) in [6, 6.07) is 0. The highest BCUT2D eigenvalue weighted by molar-refractivity contribution is 7.80. The van der Waals surface area contributed by atoms with E-state index < -0.39 is 0 Å². The average molecular weight is 200 g/mol. The fraction of sp³-hybridized carbons (Fsp3) is 0.625. The second-order valence-electron chi connectivity index (χ2n) is 3.10. The Morgan fingerprint density at radius 1 is 1.77 bits per heavy atom. The molecular weight excluding hydrogens is 188 g/mol. The highest BCUT2D eigenvalue weighted by Crippen LogP contribution is 2.17. The molecule has 4 nitrogen and oxygen atoms in total. The predicted molar refractivity (Wildman–Crippen MR) is 49.8 cm³/mol. The van der Waals surface area contributed by atoms with Crippen LogP contribution >= 0.6 is 12.6 Å². The number of aliphatic hydroxyl groups is 1. The number of hydrogen-bond donors (Lipinski definition) is 2. The lowest BCUT2D eigenvalue weighted by Crippen LogP contribution is -2.31. The van der Waals surface area contributed by atoms with Crippen molar-refractivity contribution in [2.24, 2.45) is 0 Å². The quantitative estimate of drug-likeness (QED) is 0.697. The molecule has 1 aliphatic heterocycles. The highest BCUT2D eigenvalue weighted by Gasteiger charge is 2.20. The first-order valence-corrected chi connectivity index (χ1v) is 4.72. The number of nitrogens with zero attached hydrogens (tertiary/aromatic N) is 2. The largest absolute Gasteiger partial charge is 0.390 e. The van der Waals surface area contributed by atoms with Gasteiger partial charge in [-0.3, -0.25) is 0 Å². The fourth-order valence-electron chi connectivity index (χ4n) is 1.36. The van der Waals surface area contributed by atoms with Crippen LogP contribution in [0.25, 0.3) is 0 Å². The number of aromatic nitrogens is 2. The Labute approximate surface area is 82.0 Å². The lowest BCUT2D eigenvalue weighted by Gasteiger charge is -2.27. The molecule has 0 saturated carbocycles. The number of ether oxygens (including phenoxy) is 1. The zero-order chi connectivity index (χ0) is 9.26. The first-order chi connectivity index (χ1) is 6.31. The molecule has 1 aromatic rings. The zero-order valence-electron chi connectivity index (χ0n) is 7.18. The summed E-state index contributed by atoms with van der Waals surface area (Å²) in [6.45, 7) is 1.59. The number of thiol groups is 1. The van der Waals surface area contributed by atoms with Gasteiger partial charge >= 0.3 is 0 Å². The van der Waals surface area contributed by atoms with E-state index in [1.165, 1.54) is 0 Å². The van der Waals surface area contributed by atoms with Crippen molar-refractivity contribution in [3.05, 3.63) is 11.9 Å². The summed E-state index contributed by atoms with van der Waals surface area (Å²) in [5.74, 6) is 0. The summed E-state index contributed by atoms with van der Waals surface area (Å²) < 4.78 is 7.18. The SMILES string of the molecule is OCc1cnc(S)n1C[C@@H]1CCO1. The average Bonchev–Trinajstić information content (AvgIpc) is 2.39. The van der Waals surface area contributed by atoms with E-state index in [0.29, 0.717) is 5.16 Å². The van der Waals surface area contributed by atoms with Crippen molar-refractivity contribution < 1.29 is 9.84 Å². The zero-order valence-corrected chi connectivity index (χ0v) is 8.07. The van der Waals surface area contributed by atoms with Crippen molar-refractivity contribution in [1.29, 1.82) is 0 Å². The molecule has 0 radical (unpaired) electrons. The van der Waals surface area contributed by atoms with E-state index in [2.05, 4.69) is 17.6 Å². The molecule has 13 heavy (non-hydrogen) atoms. The molecule has 1 atom stereocenters. The first kappa shape index (κ1) is 9.05. The third kappa shape index (κ3) is 1.72. The van der Waals surface area contributed by atoms with E-state index >= 15 is 0 Å². The van der Waals surface area contributed by atoms with Crippen LogP contribution in [0.1, 0.15) is 12.1 Å². The van der Waals surface area contributed by atoms with Gasteiger partial charge in [-0.2, -0.15) is 0 Å². The Morgan fingerprint density at radius 2 is 2.54 bits per heavy atom. The van der Waals surface area contributed by atoms with Gasteiger partial charge in [0, 0.05) is 6.61 Å². The van der Waals surface area contributed by atoms with E-state index in [0.717, 1.165) is 25.3 Å². The van der Waals surface area contributed by atoms with Crippen molar-refractivity contribution in [3.8, 4) is 0 Å². The van der Waals surface area contributed by atoms with Crippen LogP contribution in [0.3, 0.4) is 0 Å². The van der Waals surface area contributed by atoms with Gasteiger partial charge in [0.05, 0.1) is 31.1 Å². The highest BCUT2D eigenvalue weighted by atomic mass is 32.1. The maximum atomic E-state index is 9.00. The third-order valence-corrected chi connectivity index (χ3v) is 2.62. The smallest absolute Gasteiger partial charge is 0.165 e. The second-order valence-corrected chi connectivity index (χ2v) is 3.50.